The fourth-order valence-electron chi connectivity index (χ4n) is 2.19. The summed E-state index contributed by atoms with van der Waals surface area (Å²) in [6.45, 7) is 1.17. The molecule has 2 aromatic carbocycles. The van der Waals surface area contributed by atoms with Crippen molar-refractivity contribution in [1.29, 1.82) is 0 Å². The normalized spacial score (nSPS) is 12.4. The molecule has 0 aliphatic heterocycles. The minimum atomic E-state index is -4.52. The zero-order valence-corrected chi connectivity index (χ0v) is 14.4. The Morgan fingerprint density at radius 2 is 1.76 bits per heavy atom. The molecule has 0 saturated carbocycles. The molecule has 0 aliphatic rings. The van der Waals surface area contributed by atoms with Crippen LogP contribution in [0.25, 0.3) is 0 Å². The number of benzene rings is 2. The Kier molecular flexibility index (Phi) is 5.29. The molecule has 2 rings (SSSR count). The molecule has 0 bridgehead atoms. The maximum atomic E-state index is 13.0. The van der Waals surface area contributed by atoms with Crippen LogP contribution in [0, 0.1) is 10.1 Å². The average molecular weight is 385 g/mol. The molecular formula is C15H13ClN2O6S. The van der Waals surface area contributed by atoms with Crippen LogP contribution in [-0.2, 0) is 14.8 Å². The van der Waals surface area contributed by atoms with Crippen molar-refractivity contribution in [2.45, 2.75) is 17.9 Å². The number of nitro groups is 1. The van der Waals surface area contributed by atoms with Crippen molar-refractivity contribution < 1.29 is 23.2 Å². The molecule has 10 heteroatoms. The smallest absolute Gasteiger partial charge is 0.327 e. The second kappa shape index (κ2) is 7.08. The number of sulfonamides is 1. The number of rotatable bonds is 6. The van der Waals surface area contributed by atoms with Gasteiger partial charge in [-0.15, -0.1) is 0 Å². The van der Waals surface area contributed by atoms with Crippen LogP contribution in [-0.4, -0.2) is 30.5 Å². The highest BCUT2D eigenvalue weighted by Gasteiger charge is 2.37. The van der Waals surface area contributed by atoms with E-state index in [4.69, 9.17) is 11.6 Å². The highest BCUT2D eigenvalue weighted by atomic mass is 35.5. The van der Waals surface area contributed by atoms with Crippen LogP contribution >= 0.6 is 11.6 Å². The lowest BCUT2D eigenvalue weighted by molar-refractivity contribution is -0.387. The Morgan fingerprint density at radius 1 is 1.20 bits per heavy atom. The van der Waals surface area contributed by atoms with Gasteiger partial charge in [-0.1, -0.05) is 23.7 Å². The molecule has 1 atom stereocenters. The van der Waals surface area contributed by atoms with Gasteiger partial charge in [-0.05, 0) is 37.3 Å². The molecule has 1 N–H and O–H groups in total. The molecule has 25 heavy (non-hydrogen) atoms. The monoisotopic (exact) mass is 384 g/mol. The van der Waals surface area contributed by atoms with E-state index in [0.717, 1.165) is 12.1 Å². The van der Waals surface area contributed by atoms with Crippen LogP contribution in [0.4, 0.5) is 11.4 Å². The molecule has 0 spiro atoms. The summed E-state index contributed by atoms with van der Waals surface area (Å²) in [7, 11) is -4.52. The number of hydrogen-bond acceptors (Lipinski definition) is 5. The van der Waals surface area contributed by atoms with Crippen LogP contribution in [0.3, 0.4) is 0 Å². The molecule has 0 aliphatic carbocycles. The van der Waals surface area contributed by atoms with Crippen molar-refractivity contribution in [3.8, 4) is 0 Å². The van der Waals surface area contributed by atoms with Crippen LogP contribution in [0.1, 0.15) is 6.92 Å². The molecule has 0 radical (unpaired) electrons. The van der Waals surface area contributed by atoms with Crippen molar-refractivity contribution in [3.05, 3.63) is 63.7 Å². The van der Waals surface area contributed by atoms with Gasteiger partial charge in [0.2, 0.25) is 0 Å². The maximum absolute atomic E-state index is 13.0. The third-order valence-corrected chi connectivity index (χ3v) is 5.59. The summed E-state index contributed by atoms with van der Waals surface area (Å²) in [5.74, 6) is -1.41. The summed E-state index contributed by atoms with van der Waals surface area (Å²) < 4.78 is 26.6. The Hall–Kier alpha value is -2.65. The number of para-hydroxylation sites is 1. The first-order valence-electron chi connectivity index (χ1n) is 6.92. The summed E-state index contributed by atoms with van der Waals surface area (Å²) in [5, 5.41) is 20.8. The molecule has 2 aromatic rings. The number of anilines is 1. The molecule has 0 fully saturated rings. The van der Waals surface area contributed by atoms with E-state index >= 15 is 0 Å². The number of aliphatic carboxylic acids is 1. The van der Waals surface area contributed by atoms with E-state index in [2.05, 4.69) is 0 Å². The third-order valence-electron chi connectivity index (χ3n) is 3.39. The van der Waals surface area contributed by atoms with E-state index in [1.165, 1.54) is 43.3 Å². The Balaban J connectivity index is 2.70. The first kappa shape index (κ1) is 18.7. The molecule has 0 aromatic heterocycles. The lowest BCUT2D eigenvalue weighted by atomic mass is 10.2. The van der Waals surface area contributed by atoms with E-state index in [9.17, 15) is 28.4 Å². The van der Waals surface area contributed by atoms with Crippen molar-refractivity contribution in [3.63, 3.8) is 0 Å². The molecule has 132 valence electrons. The van der Waals surface area contributed by atoms with E-state index < -0.39 is 37.5 Å². The molecule has 0 amide bonds. The fourth-order valence-corrected chi connectivity index (χ4v) is 4.09. The number of hydrogen-bond donors (Lipinski definition) is 1. The average Bonchev–Trinajstić information content (AvgIpc) is 2.56. The Morgan fingerprint density at radius 3 is 2.28 bits per heavy atom. The minimum Gasteiger partial charge on any atom is -0.480 e. The molecule has 8 nitrogen and oxygen atoms in total. The van der Waals surface area contributed by atoms with E-state index in [1.807, 2.05) is 0 Å². The van der Waals surface area contributed by atoms with Crippen molar-refractivity contribution in [1.82, 2.24) is 0 Å². The lowest BCUT2D eigenvalue weighted by Gasteiger charge is -2.27. The zero-order chi connectivity index (χ0) is 18.8. The summed E-state index contributed by atoms with van der Waals surface area (Å²) in [5.41, 5.74) is -0.614. The standard InChI is InChI=1S/C15H13ClN2O6S/c1-10(15(19)20)17(12-8-6-11(16)7-9-12)25(23,24)14-5-3-2-4-13(14)18(21)22/h2-10H,1H3,(H,19,20). The minimum absolute atomic E-state index is 0.0254. The van der Waals surface area contributed by atoms with Gasteiger partial charge in [-0.25, -0.2) is 13.2 Å². The second-order valence-electron chi connectivity index (χ2n) is 5.02. The first-order valence-corrected chi connectivity index (χ1v) is 8.74. The van der Waals surface area contributed by atoms with Gasteiger partial charge in [0.25, 0.3) is 15.7 Å². The molecule has 1 unspecified atom stereocenters. The summed E-state index contributed by atoms with van der Waals surface area (Å²) in [6.07, 6.45) is 0. The highest BCUT2D eigenvalue weighted by Crippen LogP contribution is 2.32. The topological polar surface area (TPSA) is 118 Å². The number of halogens is 1. The van der Waals surface area contributed by atoms with Gasteiger partial charge in [0.15, 0.2) is 4.90 Å². The lowest BCUT2D eigenvalue weighted by Crippen LogP contribution is -2.43. The summed E-state index contributed by atoms with van der Waals surface area (Å²) >= 11 is 5.78. The van der Waals surface area contributed by atoms with Gasteiger partial charge in [-0.2, -0.15) is 0 Å². The van der Waals surface area contributed by atoms with E-state index in [-0.39, 0.29) is 5.69 Å². The number of carboxylic acid groups (broad SMARTS) is 1. The second-order valence-corrected chi connectivity index (χ2v) is 7.24. The quantitative estimate of drug-likeness (QED) is 0.604. The number of nitrogens with zero attached hydrogens (tertiary/aromatic N) is 2. The van der Waals surface area contributed by atoms with Gasteiger partial charge in [0.05, 0.1) is 10.6 Å². The van der Waals surface area contributed by atoms with E-state index in [1.54, 1.807) is 0 Å². The Bertz CT molecular complexity index is 914. The third kappa shape index (κ3) is 3.72. The summed E-state index contributed by atoms with van der Waals surface area (Å²) in [4.78, 5) is 21.1. The molecule has 0 saturated heterocycles. The van der Waals surface area contributed by atoms with Gasteiger partial charge in [0, 0.05) is 11.1 Å². The first-order chi connectivity index (χ1) is 11.7. The van der Waals surface area contributed by atoms with Crippen molar-refractivity contribution >= 4 is 39.0 Å². The molecule has 0 heterocycles. The fraction of sp³-hybridized carbons (Fsp3) is 0.133. The highest BCUT2D eigenvalue weighted by molar-refractivity contribution is 7.93. The van der Waals surface area contributed by atoms with Crippen molar-refractivity contribution in [2.24, 2.45) is 0 Å². The Labute approximate surface area is 148 Å². The summed E-state index contributed by atoms with van der Waals surface area (Å²) in [6, 6.07) is 8.70. The van der Waals surface area contributed by atoms with Crippen LogP contribution in [0.5, 0.6) is 0 Å². The van der Waals surface area contributed by atoms with Gasteiger partial charge in [0.1, 0.15) is 6.04 Å². The van der Waals surface area contributed by atoms with E-state index in [0.29, 0.717) is 9.33 Å². The van der Waals surface area contributed by atoms with Gasteiger partial charge in [-0.3, -0.25) is 14.4 Å². The van der Waals surface area contributed by atoms with Gasteiger partial charge < -0.3 is 5.11 Å². The number of nitro benzene ring substituents is 1. The predicted molar refractivity (Wildman–Crippen MR) is 91.3 cm³/mol. The van der Waals surface area contributed by atoms with Crippen LogP contribution < -0.4 is 4.31 Å². The largest absolute Gasteiger partial charge is 0.480 e. The SMILES string of the molecule is CC(C(=O)O)N(c1ccc(Cl)cc1)S(=O)(=O)c1ccccc1[N+](=O)[O-]. The van der Waals surface area contributed by atoms with Crippen LogP contribution in [0.2, 0.25) is 5.02 Å². The zero-order valence-electron chi connectivity index (χ0n) is 12.9. The van der Waals surface area contributed by atoms with Crippen LogP contribution in [0.15, 0.2) is 53.4 Å². The molecular weight excluding hydrogens is 372 g/mol. The predicted octanol–water partition coefficient (Wildman–Crippen LogP) is 2.92. The number of carbonyl (C=O) groups is 1. The maximum Gasteiger partial charge on any atom is 0.327 e. The van der Waals surface area contributed by atoms with Gasteiger partial charge >= 0.3 is 5.97 Å². The number of carboxylic acids is 1. The van der Waals surface area contributed by atoms with Crippen molar-refractivity contribution in [2.75, 3.05) is 4.31 Å².